The van der Waals surface area contributed by atoms with Crippen molar-refractivity contribution in [2.24, 2.45) is 13.0 Å². The molecule has 3 aromatic rings. The fourth-order valence-corrected chi connectivity index (χ4v) is 6.46. The van der Waals surface area contributed by atoms with Crippen molar-refractivity contribution in [1.29, 1.82) is 0 Å². The summed E-state index contributed by atoms with van der Waals surface area (Å²) < 4.78 is 74.6. The van der Waals surface area contributed by atoms with Gasteiger partial charge in [-0.25, -0.2) is 0 Å². The second kappa shape index (κ2) is 10.7. The number of carbonyl (C=O) groups excluding carboxylic acids is 1. The van der Waals surface area contributed by atoms with Crippen LogP contribution in [0.2, 0.25) is 0 Å². The van der Waals surface area contributed by atoms with Crippen molar-refractivity contribution in [3.05, 3.63) is 76.4 Å². The number of hydrogen-bond acceptors (Lipinski definition) is 5. The van der Waals surface area contributed by atoms with Gasteiger partial charge in [0.15, 0.2) is 0 Å². The fraction of sp³-hybridized carbons (Fsp3) is 0.500. The number of nitrogens with zero attached hydrogens (tertiary/aromatic N) is 4. The number of rotatable bonds is 9. The highest BCUT2D eigenvalue weighted by molar-refractivity contribution is 6.10. The summed E-state index contributed by atoms with van der Waals surface area (Å²) in [4.78, 5) is 15.0. The second-order valence-electron chi connectivity index (χ2n) is 11.9. The zero-order valence-electron chi connectivity index (χ0n) is 23.3. The molecule has 0 radical (unpaired) electrons. The first-order chi connectivity index (χ1) is 19.9. The molecule has 7 nitrogen and oxygen atoms in total. The highest BCUT2D eigenvalue weighted by Gasteiger charge is 2.43. The summed E-state index contributed by atoms with van der Waals surface area (Å²) in [6, 6.07) is 9.79. The number of nitrogens with one attached hydrogen (secondary N) is 1. The average molecular weight is 590 g/mol. The first kappa shape index (κ1) is 28.7. The summed E-state index contributed by atoms with van der Waals surface area (Å²) in [5.74, 6) is -0.261. The molecule has 1 N–H and O–H groups in total. The Hall–Kier alpha value is -3.38. The Morgan fingerprint density at radius 3 is 2.55 bits per heavy atom. The molecule has 12 heteroatoms. The van der Waals surface area contributed by atoms with Crippen molar-refractivity contribution in [3.63, 3.8) is 0 Å². The highest BCUT2D eigenvalue weighted by Crippen LogP contribution is 2.46. The Morgan fingerprint density at radius 1 is 1.17 bits per heavy atom. The number of halogens is 5. The Balaban J connectivity index is 1.30. The standard InChI is InChI=1S/C30H32F5N5O2/c1-29(7-4-8-29)36-14-17-9-22-23(24(10-17)30(33,34)35)15-40(27(22)41)20-6-3-5-18(11-20)25(26-38-37-16-39(26)2)19-12-21(13-19)42-28(31)32/h3,5-6,9-11,16,19,21,25,28,36H,4,7-8,12-15H2,1-2H3/t19?,21?,25-/m1/s1. The Bertz CT molecular complexity index is 1480. The molecule has 42 heavy (non-hydrogen) atoms. The molecule has 2 saturated carbocycles. The van der Waals surface area contributed by atoms with E-state index in [1.54, 1.807) is 42.2 Å². The van der Waals surface area contributed by atoms with E-state index >= 15 is 0 Å². The van der Waals surface area contributed by atoms with Gasteiger partial charge in [0, 0.05) is 36.3 Å². The molecule has 224 valence electrons. The minimum atomic E-state index is -4.62. The van der Waals surface area contributed by atoms with E-state index in [0.29, 0.717) is 29.9 Å². The number of aryl methyl sites for hydroxylation is 1. The van der Waals surface area contributed by atoms with E-state index in [1.165, 1.54) is 4.90 Å². The van der Waals surface area contributed by atoms with E-state index in [-0.39, 0.29) is 41.6 Å². The summed E-state index contributed by atoms with van der Waals surface area (Å²) in [7, 11) is 1.79. The number of amides is 1. The van der Waals surface area contributed by atoms with Crippen LogP contribution in [0, 0.1) is 5.92 Å². The predicted molar refractivity (Wildman–Crippen MR) is 144 cm³/mol. The SMILES string of the molecule is Cn1cnnc1[C@H](c1cccc(N2Cc3c(cc(CNC4(C)CCC4)cc3C(F)(F)F)C2=O)c1)C1CC(OC(F)F)C1. The lowest BCUT2D eigenvalue weighted by atomic mass is 9.70. The van der Waals surface area contributed by atoms with Crippen LogP contribution in [-0.4, -0.2) is 38.9 Å². The van der Waals surface area contributed by atoms with Gasteiger partial charge in [-0.05, 0) is 85.9 Å². The van der Waals surface area contributed by atoms with Crippen molar-refractivity contribution in [2.45, 2.75) is 82.5 Å². The Labute approximate surface area is 240 Å². The van der Waals surface area contributed by atoms with Gasteiger partial charge in [-0.1, -0.05) is 12.1 Å². The molecule has 1 amide bonds. The molecule has 3 aliphatic rings. The largest absolute Gasteiger partial charge is 0.416 e. The van der Waals surface area contributed by atoms with E-state index in [1.807, 2.05) is 6.07 Å². The van der Waals surface area contributed by atoms with Gasteiger partial charge in [0.25, 0.3) is 5.91 Å². The zero-order chi connectivity index (χ0) is 29.8. The lowest BCUT2D eigenvalue weighted by Gasteiger charge is -2.39. The number of fused-ring (bicyclic) bond motifs is 1. The molecule has 0 unspecified atom stereocenters. The summed E-state index contributed by atoms with van der Waals surface area (Å²) in [5, 5.41) is 11.6. The van der Waals surface area contributed by atoms with Crippen LogP contribution < -0.4 is 10.2 Å². The topological polar surface area (TPSA) is 72.3 Å². The molecule has 2 heterocycles. The number of alkyl halides is 5. The predicted octanol–water partition coefficient (Wildman–Crippen LogP) is 6.18. The average Bonchev–Trinajstić information content (AvgIpc) is 3.46. The molecular formula is C30H32F5N5O2. The first-order valence-corrected chi connectivity index (χ1v) is 14.1. The number of anilines is 1. The summed E-state index contributed by atoms with van der Waals surface area (Å²) in [5.41, 5.74) is 0.774. The van der Waals surface area contributed by atoms with Gasteiger partial charge in [0.1, 0.15) is 12.2 Å². The van der Waals surface area contributed by atoms with Crippen molar-refractivity contribution >= 4 is 11.6 Å². The van der Waals surface area contributed by atoms with Crippen molar-refractivity contribution in [3.8, 4) is 0 Å². The third-order valence-electron chi connectivity index (χ3n) is 9.05. The fourth-order valence-electron chi connectivity index (χ4n) is 6.46. The molecule has 1 atom stereocenters. The summed E-state index contributed by atoms with van der Waals surface area (Å²) in [6.07, 6.45) is 0.156. The van der Waals surface area contributed by atoms with Crippen molar-refractivity contribution in [2.75, 3.05) is 4.90 Å². The molecule has 0 saturated heterocycles. The van der Waals surface area contributed by atoms with Crippen LogP contribution in [0.1, 0.15) is 83.4 Å². The van der Waals surface area contributed by atoms with E-state index in [0.717, 1.165) is 30.9 Å². The van der Waals surface area contributed by atoms with E-state index in [2.05, 4.69) is 27.2 Å². The maximum Gasteiger partial charge on any atom is 0.416 e. The van der Waals surface area contributed by atoms with Crippen LogP contribution in [0.3, 0.4) is 0 Å². The van der Waals surface area contributed by atoms with Crippen LogP contribution in [0.25, 0.3) is 0 Å². The summed E-state index contributed by atoms with van der Waals surface area (Å²) in [6.45, 7) is -0.764. The normalized spacial score (nSPS) is 22.2. The van der Waals surface area contributed by atoms with Gasteiger partial charge in [-0.15, -0.1) is 10.2 Å². The highest BCUT2D eigenvalue weighted by atomic mass is 19.4. The maximum absolute atomic E-state index is 14.2. The molecule has 0 bridgehead atoms. The van der Waals surface area contributed by atoms with Gasteiger partial charge in [-0.3, -0.25) is 4.79 Å². The lowest BCUT2D eigenvalue weighted by Crippen LogP contribution is -2.47. The van der Waals surface area contributed by atoms with E-state index in [9.17, 15) is 26.7 Å². The Morgan fingerprint density at radius 2 is 1.93 bits per heavy atom. The molecule has 2 aliphatic carbocycles. The van der Waals surface area contributed by atoms with E-state index < -0.39 is 30.4 Å². The third-order valence-corrected chi connectivity index (χ3v) is 9.05. The molecule has 2 fully saturated rings. The van der Waals surface area contributed by atoms with Crippen LogP contribution in [0.4, 0.5) is 27.6 Å². The number of benzene rings is 2. The number of carbonyl (C=O) groups is 1. The monoisotopic (exact) mass is 589 g/mol. The zero-order valence-corrected chi connectivity index (χ0v) is 23.3. The molecule has 2 aromatic carbocycles. The first-order valence-electron chi connectivity index (χ1n) is 14.1. The smallest absolute Gasteiger partial charge is 0.320 e. The maximum atomic E-state index is 14.2. The van der Waals surface area contributed by atoms with Crippen LogP contribution >= 0.6 is 0 Å². The quantitative estimate of drug-likeness (QED) is 0.302. The minimum Gasteiger partial charge on any atom is -0.320 e. The summed E-state index contributed by atoms with van der Waals surface area (Å²) >= 11 is 0. The van der Waals surface area contributed by atoms with E-state index in [4.69, 9.17) is 0 Å². The lowest BCUT2D eigenvalue weighted by molar-refractivity contribution is -0.192. The number of aromatic nitrogens is 3. The molecule has 1 aliphatic heterocycles. The van der Waals surface area contributed by atoms with Crippen molar-refractivity contribution < 1.29 is 31.5 Å². The molecule has 0 spiro atoms. The molecule has 6 rings (SSSR count). The van der Waals surface area contributed by atoms with Crippen LogP contribution in [-0.2, 0) is 31.1 Å². The number of hydrogen-bond donors (Lipinski definition) is 1. The van der Waals surface area contributed by atoms with Gasteiger partial charge >= 0.3 is 12.8 Å². The van der Waals surface area contributed by atoms with Gasteiger partial charge in [0.2, 0.25) is 0 Å². The minimum absolute atomic E-state index is 0.0349. The molecule has 1 aromatic heterocycles. The molecular weight excluding hydrogens is 557 g/mol. The van der Waals surface area contributed by atoms with Gasteiger partial charge < -0.3 is 19.5 Å². The van der Waals surface area contributed by atoms with Crippen molar-refractivity contribution in [1.82, 2.24) is 20.1 Å². The van der Waals surface area contributed by atoms with Gasteiger partial charge in [0.05, 0.1) is 18.2 Å². The number of ether oxygens (including phenoxy) is 1. The second-order valence-corrected chi connectivity index (χ2v) is 11.9. The van der Waals surface area contributed by atoms with Crippen LogP contribution in [0.15, 0.2) is 42.7 Å². The van der Waals surface area contributed by atoms with Gasteiger partial charge in [-0.2, -0.15) is 22.0 Å². The van der Waals surface area contributed by atoms with Crippen LogP contribution in [0.5, 0.6) is 0 Å². The third kappa shape index (κ3) is 5.42. The Kier molecular flexibility index (Phi) is 7.33.